The zero-order chi connectivity index (χ0) is 15.5. The molecule has 0 radical (unpaired) electrons. The lowest BCUT2D eigenvalue weighted by molar-refractivity contribution is 0.0934. The summed E-state index contributed by atoms with van der Waals surface area (Å²) in [6.45, 7) is 1.99. The number of fused-ring (bicyclic) bond motifs is 1. The number of carbonyl (C=O) groups is 1. The highest BCUT2D eigenvalue weighted by molar-refractivity contribution is 9.10. The first kappa shape index (κ1) is 14.7. The van der Waals surface area contributed by atoms with Gasteiger partial charge in [0.1, 0.15) is 5.69 Å². The molecule has 0 fully saturated rings. The van der Waals surface area contributed by atoms with Gasteiger partial charge in [-0.05, 0) is 25.0 Å². The summed E-state index contributed by atoms with van der Waals surface area (Å²) in [5, 5.41) is 3.01. The van der Waals surface area contributed by atoms with Crippen LogP contribution >= 0.6 is 15.9 Å². The quantitative estimate of drug-likeness (QED) is 0.779. The molecular formula is C16H15BrN4O. The van der Waals surface area contributed by atoms with Crippen LogP contribution in [0.25, 0.3) is 5.65 Å². The fourth-order valence-electron chi connectivity index (χ4n) is 2.35. The number of aromatic nitrogens is 3. The van der Waals surface area contributed by atoms with Crippen LogP contribution in [0.5, 0.6) is 0 Å². The second-order valence-electron chi connectivity index (χ2n) is 5.12. The van der Waals surface area contributed by atoms with Crippen LogP contribution in [0.1, 0.15) is 23.0 Å². The van der Waals surface area contributed by atoms with Gasteiger partial charge in [-0.1, -0.05) is 34.1 Å². The van der Waals surface area contributed by atoms with Crippen molar-refractivity contribution in [3.05, 3.63) is 64.8 Å². The van der Waals surface area contributed by atoms with Gasteiger partial charge in [0.2, 0.25) is 0 Å². The molecule has 0 spiro atoms. The van der Waals surface area contributed by atoms with Crippen molar-refractivity contribution < 1.29 is 4.79 Å². The van der Waals surface area contributed by atoms with Crippen LogP contribution in [0.3, 0.4) is 0 Å². The van der Waals surface area contributed by atoms with E-state index in [-0.39, 0.29) is 11.9 Å². The zero-order valence-corrected chi connectivity index (χ0v) is 13.6. The molecule has 1 amide bonds. The van der Waals surface area contributed by atoms with E-state index in [0.717, 1.165) is 16.5 Å². The molecule has 2 aromatic heterocycles. The minimum Gasteiger partial charge on any atom is -0.348 e. The van der Waals surface area contributed by atoms with E-state index in [4.69, 9.17) is 0 Å². The first-order valence-electron chi connectivity index (χ1n) is 6.96. The van der Waals surface area contributed by atoms with E-state index >= 15 is 0 Å². The van der Waals surface area contributed by atoms with Crippen molar-refractivity contribution in [2.24, 2.45) is 0 Å². The summed E-state index contributed by atoms with van der Waals surface area (Å²) in [6.07, 6.45) is 7.32. The van der Waals surface area contributed by atoms with Crippen molar-refractivity contribution in [2.75, 3.05) is 0 Å². The van der Waals surface area contributed by atoms with Crippen molar-refractivity contribution in [3.8, 4) is 0 Å². The SMILES string of the molecule is CC(Cc1ccccc1Br)NC(=O)c1cnc2cnccn12. The van der Waals surface area contributed by atoms with Crippen LogP contribution in [0.4, 0.5) is 0 Å². The standard InChI is InChI=1S/C16H15BrN4O/c1-11(8-12-4-2-3-5-13(12)17)20-16(22)14-9-19-15-10-18-6-7-21(14)15/h2-7,9-11H,8H2,1H3,(H,20,22). The normalized spacial score (nSPS) is 12.3. The molecule has 0 saturated heterocycles. The number of carbonyl (C=O) groups excluding carboxylic acids is 1. The Morgan fingerprint density at radius 2 is 2.18 bits per heavy atom. The minimum atomic E-state index is -0.141. The minimum absolute atomic E-state index is 0.0126. The fourth-order valence-corrected chi connectivity index (χ4v) is 2.80. The first-order chi connectivity index (χ1) is 10.6. The Kier molecular flexibility index (Phi) is 4.20. The van der Waals surface area contributed by atoms with E-state index < -0.39 is 0 Å². The summed E-state index contributed by atoms with van der Waals surface area (Å²) in [5.41, 5.74) is 2.33. The molecule has 112 valence electrons. The molecule has 1 unspecified atom stereocenters. The van der Waals surface area contributed by atoms with Gasteiger partial charge in [0.25, 0.3) is 5.91 Å². The van der Waals surface area contributed by atoms with E-state index in [1.54, 1.807) is 29.2 Å². The molecular weight excluding hydrogens is 344 g/mol. The summed E-state index contributed by atoms with van der Waals surface area (Å²) >= 11 is 3.53. The molecule has 3 aromatic rings. The van der Waals surface area contributed by atoms with E-state index in [0.29, 0.717) is 11.3 Å². The van der Waals surface area contributed by atoms with E-state index in [2.05, 4.69) is 31.2 Å². The fraction of sp³-hybridized carbons (Fsp3) is 0.188. The Bertz CT molecular complexity index is 815. The number of rotatable bonds is 4. The predicted molar refractivity (Wildman–Crippen MR) is 87.8 cm³/mol. The van der Waals surface area contributed by atoms with Crippen molar-refractivity contribution in [2.45, 2.75) is 19.4 Å². The lowest BCUT2D eigenvalue weighted by Gasteiger charge is -2.14. The van der Waals surface area contributed by atoms with E-state index in [1.807, 2.05) is 31.2 Å². The van der Waals surface area contributed by atoms with Crippen molar-refractivity contribution >= 4 is 27.5 Å². The molecule has 1 N–H and O–H groups in total. The van der Waals surface area contributed by atoms with Crippen LogP contribution < -0.4 is 5.32 Å². The number of hydrogen-bond donors (Lipinski definition) is 1. The molecule has 0 aliphatic carbocycles. The highest BCUT2D eigenvalue weighted by Gasteiger charge is 2.15. The average molecular weight is 359 g/mol. The van der Waals surface area contributed by atoms with Crippen LogP contribution in [0.2, 0.25) is 0 Å². The lowest BCUT2D eigenvalue weighted by atomic mass is 10.1. The largest absolute Gasteiger partial charge is 0.348 e. The molecule has 1 aromatic carbocycles. The summed E-state index contributed by atoms with van der Waals surface area (Å²) in [5.74, 6) is -0.141. The number of imidazole rings is 1. The van der Waals surface area contributed by atoms with Gasteiger partial charge < -0.3 is 5.32 Å². The lowest BCUT2D eigenvalue weighted by Crippen LogP contribution is -2.34. The maximum Gasteiger partial charge on any atom is 0.270 e. The highest BCUT2D eigenvalue weighted by atomic mass is 79.9. The Morgan fingerprint density at radius 3 is 3.00 bits per heavy atom. The molecule has 3 rings (SSSR count). The maximum absolute atomic E-state index is 12.4. The Morgan fingerprint density at radius 1 is 1.36 bits per heavy atom. The Hall–Kier alpha value is -2.21. The molecule has 0 aliphatic heterocycles. The Labute approximate surface area is 136 Å². The number of amides is 1. The van der Waals surface area contributed by atoms with Gasteiger partial charge in [-0.15, -0.1) is 0 Å². The summed E-state index contributed by atoms with van der Waals surface area (Å²) < 4.78 is 2.78. The molecule has 2 heterocycles. The van der Waals surface area contributed by atoms with Crippen LogP contribution in [0, 0.1) is 0 Å². The Balaban J connectivity index is 1.73. The first-order valence-corrected chi connectivity index (χ1v) is 7.76. The molecule has 0 bridgehead atoms. The second-order valence-corrected chi connectivity index (χ2v) is 5.97. The van der Waals surface area contributed by atoms with Crippen molar-refractivity contribution in [1.82, 2.24) is 19.7 Å². The van der Waals surface area contributed by atoms with E-state index in [1.165, 1.54) is 0 Å². The third kappa shape index (κ3) is 3.01. The molecule has 1 atom stereocenters. The van der Waals surface area contributed by atoms with Crippen molar-refractivity contribution in [1.29, 1.82) is 0 Å². The zero-order valence-electron chi connectivity index (χ0n) is 12.0. The third-order valence-electron chi connectivity index (χ3n) is 3.41. The molecule has 22 heavy (non-hydrogen) atoms. The molecule has 5 nitrogen and oxygen atoms in total. The smallest absolute Gasteiger partial charge is 0.270 e. The van der Waals surface area contributed by atoms with Crippen LogP contribution in [-0.2, 0) is 6.42 Å². The highest BCUT2D eigenvalue weighted by Crippen LogP contribution is 2.17. The van der Waals surface area contributed by atoms with Gasteiger partial charge in [-0.25, -0.2) is 4.98 Å². The molecule has 0 saturated carbocycles. The van der Waals surface area contributed by atoms with Gasteiger partial charge >= 0.3 is 0 Å². The topological polar surface area (TPSA) is 59.3 Å². The number of benzene rings is 1. The number of nitrogens with one attached hydrogen (secondary N) is 1. The van der Waals surface area contributed by atoms with Gasteiger partial charge in [0.05, 0.1) is 12.4 Å². The predicted octanol–water partition coefficient (Wildman–Crippen LogP) is 2.85. The summed E-state index contributed by atoms with van der Waals surface area (Å²) in [7, 11) is 0. The van der Waals surface area contributed by atoms with Gasteiger partial charge in [-0.3, -0.25) is 14.2 Å². The maximum atomic E-state index is 12.4. The number of nitrogens with zero attached hydrogens (tertiary/aromatic N) is 3. The van der Waals surface area contributed by atoms with Crippen molar-refractivity contribution in [3.63, 3.8) is 0 Å². The third-order valence-corrected chi connectivity index (χ3v) is 4.18. The summed E-state index contributed by atoms with van der Waals surface area (Å²) in [4.78, 5) is 20.6. The second kappa shape index (κ2) is 6.27. The molecule has 0 aliphatic rings. The van der Waals surface area contributed by atoms with Crippen LogP contribution in [0.15, 0.2) is 53.5 Å². The van der Waals surface area contributed by atoms with Gasteiger partial charge in [-0.2, -0.15) is 0 Å². The summed E-state index contributed by atoms with van der Waals surface area (Å²) in [6, 6.07) is 8.03. The number of hydrogen-bond acceptors (Lipinski definition) is 3. The number of halogens is 1. The van der Waals surface area contributed by atoms with Gasteiger partial charge in [0.15, 0.2) is 5.65 Å². The average Bonchev–Trinajstić information content (AvgIpc) is 2.93. The monoisotopic (exact) mass is 358 g/mol. The molecule has 6 heteroatoms. The van der Waals surface area contributed by atoms with Gasteiger partial charge in [0, 0.05) is 22.9 Å². The van der Waals surface area contributed by atoms with E-state index in [9.17, 15) is 4.79 Å². The van der Waals surface area contributed by atoms with Crippen LogP contribution in [-0.4, -0.2) is 26.3 Å².